The average Bonchev–Trinajstić information content (AvgIpc) is 2.97. The molecular weight excluding hydrogens is 312 g/mol. The third-order valence-corrected chi connectivity index (χ3v) is 6.73. The number of rotatable bonds is 6. The van der Waals surface area contributed by atoms with E-state index in [1.165, 1.54) is 6.07 Å². The number of carboxylic acid groups (broad SMARTS) is 1. The number of nitrogens with zero attached hydrogens (tertiary/aromatic N) is 1. The standard InChI is InChI=1S/C13H20N2O4S2/c1-9-7-11(20-12(9)13(16)17)21(18,19)14-10(2)8-15-5-3-4-6-15/h7,10,14H,3-6,8H2,1-2H3,(H,16,17). The van der Waals surface area contributed by atoms with E-state index < -0.39 is 16.0 Å². The Morgan fingerprint density at radius 1 is 1.48 bits per heavy atom. The molecule has 1 aliphatic rings. The summed E-state index contributed by atoms with van der Waals surface area (Å²) in [4.78, 5) is 13.3. The van der Waals surface area contributed by atoms with Crippen LogP contribution in [0.25, 0.3) is 0 Å². The summed E-state index contributed by atoms with van der Waals surface area (Å²) in [5, 5.41) is 9.00. The largest absolute Gasteiger partial charge is 0.477 e. The number of aromatic carboxylic acids is 1. The Kier molecular flexibility index (Phi) is 5.03. The highest BCUT2D eigenvalue weighted by molar-refractivity contribution is 7.91. The average molecular weight is 332 g/mol. The number of hydrogen-bond donors (Lipinski definition) is 2. The van der Waals surface area contributed by atoms with Gasteiger partial charge in [0.2, 0.25) is 10.0 Å². The van der Waals surface area contributed by atoms with Gasteiger partial charge in [-0.15, -0.1) is 11.3 Å². The molecule has 1 saturated heterocycles. The lowest BCUT2D eigenvalue weighted by molar-refractivity contribution is 0.0701. The quantitative estimate of drug-likeness (QED) is 0.825. The lowest BCUT2D eigenvalue weighted by atomic mass is 10.3. The fourth-order valence-corrected chi connectivity index (χ4v) is 5.14. The number of carboxylic acids is 1. The van der Waals surface area contributed by atoms with Crippen LogP contribution in [0.3, 0.4) is 0 Å². The Balaban J connectivity index is 2.07. The van der Waals surface area contributed by atoms with Gasteiger partial charge in [-0.3, -0.25) is 0 Å². The molecule has 21 heavy (non-hydrogen) atoms. The summed E-state index contributed by atoms with van der Waals surface area (Å²) in [6.07, 6.45) is 2.32. The van der Waals surface area contributed by atoms with Crippen LogP contribution < -0.4 is 4.72 Å². The Morgan fingerprint density at radius 2 is 2.10 bits per heavy atom. The van der Waals surface area contributed by atoms with Crippen molar-refractivity contribution in [3.05, 3.63) is 16.5 Å². The fraction of sp³-hybridized carbons (Fsp3) is 0.615. The summed E-state index contributed by atoms with van der Waals surface area (Å²) < 4.78 is 27.3. The fourth-order valence-electron chi connectivity index (χ4n) is 2.51. The lowest BCUT2D eigenvalue weighted by Crippen LogP contribution is -2.40. The summed E-state index contributed by atoms with van der Waals surface area (Å²) >= 11 is 0.796. The predicted molar refractivity (Wildman–Crippen MR) is 81.5 cm³/mol. The normalized spacial score (nSPS) is 18.0. The Hall–Kier alpha value is -0.960. The second kappa shape index (κ2) is 6.43. The minimum atomic E-state index is -3.66. The van der Waals surface area contributed by atoms with E-state index >= 15 is 0 Å². The number of carbonyl (C=O) groups is 1. The van der Waals surface area contributed by atoms with Crippen molar-refractivity contribution in [2.75, 3.05) is 19.6 Å². The molecule has 0 amide bonds. The van der Waals surface area contributed by atoms with Gasteiger partial charge < -0.3 is 10.0 Å². The van der Waals surface area contributed by atoms with Gasteiger partial charge >= 0.3 is 5.97 Å². The molecule has 0 radical (unpaired) electrons. The van der Waals surface area contributed by atoms with Crippen LogP contribution in [0.15, 0.2) is 10.3 Å². The third kappa shape index (κ3) is 4.03. The van der Waals surface area contributed by atoms with Gasteiger partial charge in [0.15, 0.2) is 0 Å². The van der Waals surface area contributed by atoms with Gasteiger partial charge in [0.25, 0.3) is 0 Å². The minimum Gasteiger partial charge on any atom is -0.477 e. The maximum atomic E-state index is 12.3. The summed E-state index contributed by atoms with van der Waals surface area (Å²) in [6, 6.07) is 1.21. The molecule has 2 rings (SSSR count). The first-order valence-corrected chi connectivity index (χ1v) is 9.18. The monoisotopic (exact) mass is 332 g/mol. The first-order valence-electron chi connectivity index (χ1n) is 6.88. The number of aryl methyl sites for hydroxylation is 1. The molecule has 1 aliphatic heterocycles. The van der Waals surface area contributed by atoms with Gasteiger partial charge in [-0.05, 0) is 51.4 Å². The van der Waals surface area contributed by atoms with Crippen LogP contribution in [0.5, 0.6) is 0 Å². The van der Waals surface area contributed by atoms with Gasteiger partial charge in [-0.2, -0.15) is 0 Å². The number of hydrogen-bond acceptors (Lipinski definition) is 5. The molecule has 6 nitrogen and oxygen atoms in total. The molecule has 2 heterocycles. The molecule has 1 aromatic heterocycles. The molecular formula is C13H20N2O4S2. The summed E-state index contributed by atoms with van der Waals surface area (Å²) in [6.45, 7) is 6.12. The van der Waals surface area contributed by atoms with Crippen molar-refractivity contribution < 1.29 is 18.3 Å². The van der Waals surface area contributed by atoms with Gasteiger partial charge in [-0.25, -0.2) is 17.9 Å². The van der Waals surface area contributed by atoms with E-state index in [-0.39, 0.29) is 15.1 Å². The summed E-state index contributed by atoms with van der Waals surface area (Å²) in [5.74, 6) is -1.09. The lowest BCUT2D eigenvalue weighted by Gasteiger charge is -2.20. The van der Waals surface area contributed by atoms with Crippen molar-refractivity contribution in [1.29, 1.82) is 0 Å². The summed E-state index contributed by atoms with van der Waals surface area (Å²) in [5.41, 5.74) is 0.472. The van der Waals surface area contributed by atoms with E-state index in [1.54, 1.807) is 6.92 Å². The van der Waals surface area contributed by atoms with Crippen molar-refractivity contribution in [2.45, 2.75) is 36.9 Å². The van der Waals surface area contributed by atoms with Crippen LogP contribution in [-0.4, -0.2) is 50.1 Å². The molecule has 1 fully saturated rings. The smallest absolute Gasteiger partial charge is 0.346 e. The molecule has 0 aliphatic carbocycles. The van der Waals surface area contributed by atoms with Crippen LogP contribution in [0.2, 0.25) is 0 Å². The topological polar surface area (TPSA) is 86.7 Å². The Bertz CT molecular complexity index is 618. The molecule has 0 bridgehead atoms. The molecule has 1 aromatic rings. The van der Waals surface area contributed by atoms with Gasteiger partial charge in [-0.1, -0.05) is 0 Å². The molecule has 2 N–H and O–H groups in total. The zero-order valence-electron chi connectivity index (χ0n) is 12.1. The van der Waals surface area contributed by atoms with Gasteiger partial charge in [0.05, 0.1) is 0 Å². The number of sulfonamides is 1. The maximum absolute atomic E-state index is 12.3. The minimum absolute atomic E-state index is 0.0608. The SMILES string of the molecule is Cc1cc(S(=O)(=O)NC(C)CN2CCCC2)sc1C(=O)O. The van der Waals surface area contributed by atoms with Crippen LogP contribution >= 0.6 is 11.3 Å². The first-order chi connectivity index (χ1) is 9.79. The van der Waals surface area contributed by atoms with Crippen LogP contribution in [0.4, 0.5) is 0 Å². The number of nitrogens with one attached hydrogen (secondary N) is 1. The van der Waals surface area contributed by atoms with E-state index in [9.17, 15) is 13.2 Å². The highest BCUT2D eigenvalue weighted by atomic mass is 32.2. The van der Waals surface area contributed by atoms with Crippen LogP contribution in [0, 0.1) is 6.92 Å². The van der Waals surface area contributed by atoms with Crippen molar-refractivity contribution in [2.24, 2.45) is 0 Å². The van der Waals surface area contributed by atoms with E-state index in [2.05, 4.69) is 9.62 Å². The van der Waals surface area contributed by atoms with E-state index in [0.29, 0.717) is 12.1 Å². The predicted octanol–water partition coefficient (Wildman–Crippen LogP) is 1.52. The second-order valence-electron chi connectivity index (χ2n) is 5.41. The summed E-state index contributed by atoms with van der Waals surface area (Å²) in [7, 11) is -3.66. The highest BCUT2D eigenvalue weighted by Crippen LogP contribution is 2.26. The first kappa shape index (κ1) is 16.4. The maximum Gasteiger partial charge on any atom is 0.346 e. The van der Waals surface area contributed by atoms with Crippen LogP contribution in [0.1, 0.15) is 35.0 Å². The third-order valence-electron chi connectivity index (χ3n) is 3.44. The molecule has 8 heteroatoms. The molecule has 1 unspecified atom stereocenters. The van der Waals surface area contributed by atoms with Crippen molar-refractivity contribution in [3.8, 4) is 0 Å². The molecule has 0 aromatic carbocycles. The van der Waals surface area contributed by atoms with E-state index in [0.717, 1.165) is 37.3 Å². The van der Waals surface area contributed by atoms with E-state index in [4.69, 9.17) is 5.11 Å². The highest BCUT2D eigenvalue weighted by Gasteiger charge is 2.24. The Labute approximate surface area is 128 Å². The zero-order valence-corrected chi connectivity index (χ0v) is 13.8. The molecule has 0 saturated carbocycles. The van der Waals surface area contributed by atoms with Crippen molar-refractivity contribution >= 4 is 27.3 Å². The van der Waals surface area contributed by atoms with Gasteiger partial charge in [0, 0.05) is 12.6 Å². The molecule has 1 atom stereocenters. The van der Waals surface area contributed by atoms with E-state index in [1.807, 2.05) is 6.92 Å². The van der Waals surface area contributed by atoms with Crippen LogP contribution in [-0.2, 0) is 10.0 Å². The Morgan fingerprint density at radius 3 is 2.62 bits per heavy atom. The number of thiophene rings is 1. The molecule has 118 valence electrons. The van der Waals surface area contributed by atoms with Crippen molar-refractivity contribution in [1.82, 2.24) is 9.62 Å². The zero-order chi connectivity index (χ0) is 15.6. The van der Waals surface area contributed by atoms with Crippen molar-refractivity contribution in [3.63, 3.8) is 0 Å². The second-order valence-corrected chi connectivity index (χ2v) is 8.41. The number of likely N-dealkylation sites (tertiary alicyclic amines) is 1. The molecule has 0 spiro atoms. The van der Waals surface area contributed by atoms with Gasteiger partial charge in [0.1, 0.15) is 9.09 Å².